The van der Waals surface area contributed by atoms with Crippen molar-refractivity contribution in [3.63, 3.8) is 0 Å². The average Bonchev–Trinajstić information content (AvgIpc) is 2.40. The number of nitrogens with one attached hydrogen (secondary N) is 1. The van der Waals surface area contributed by atoms with Crippen molar-refractivity contribution in [1.29, 1.82) is 0 Å². The summed E-state index contributed by atoms with van der Waals surface area (Å²) in [4.78, 5) is 25.8. The monoisotopic (exact) mass is 297 g/mol. The smallest absolute Gasteiger partial charge is 0.250 e. The summed E-state index contributed by atoms with van der Waals surface area (Å²) >= 11 is 0. The van der Waals surface area contributed by atoms with Gasteiger partial charge in [-0.05, 0) is 25.5 Å². The quantitative estimate of drug-likeness (QED) is 0.862. The van der Waals surface area contributed by atoms with Crippen molar-refractivity contribution in [1.82, 2.24) is 14.8 Å². The van der Waals surface area contributed by atoms with Gasteiger partial charge < -0.3 is 14.8 Å². The molecule has 0 spiro atoms. The van der Waals surface area contributed by atoms with Crippen molar-refractivity contribution in [2.24, 2.45) is 5.92 Å². The van der Waals surface area contributed by atoms with Crippen molar-refractivity contribution in [3.05, 3.63) is 34.2 Å². The molecule has 0 aromatic carbocycles. The molecule has 2 aliphatic rings. The first-order chi connectivity index (χ1) is 9.19. The average molecular weight is 298 g/mol. The summed E-state index contributed by atoms with van der Waals surface area (Å²) in [5, 5.41) is 2.91. The van der Waals surface area contributed by atoms with Crippen LogP contribution in [0, 0.1) is 5.92 Å². The van der Waals surface area contributed by atoms with Gasteiger partial charge >= 0.3 is 0 Å². The van der Waals surface area contributed by atoms with Crippen LogP contribution in [0.1, 0.15) is 18.0 Å². The minimum absolute atomic E-state index is 0. The van der Waals surface area contributed by atoms with Crippen LogP contribution in [0.2, 0.25) is 0 Å². The molecule has 1 saturated heterocycles. The van der Waals surface area contributed by atoms with Crippen LogP contribution in [0.5, 0.6) is 0 Å². The number of aromatic nitrogens is 1. The molecule has 1 amide bonds. The maximum absolute atomic E-state index is 12.0. The Morgan fingerprint density at radius 3 is 2.90 bits per heavy atom. The minimum Gasteiger partial charge on any atom is -0.341 e. The molecule has 2 atom stereocenters. The molecule has 0 saturated carbocycles. The lowest BCUT2D eigenvalue weighted by molar-refractivity contribution is -0.132. The lowest BCUT2D eigenvalue weighted by Gasteiger charge is -2.42. The van der Waals surface area contributed by atoms with Gasteiger partial charge in [-0.2, -0.15) is 0 Å². The first kappa shape index (κ1) is 15.1. The SMILES string of the molecule is CNCC(=O)N1C[C@H]2C[C@@H](C1)c1cccc(=O)n1C2.Cl. The molecule has 0 unspecified atom stereocenters. The number of nitrogens with zero attached hydrogens (tertiary/aromatic N) is 2. The van der Waals surface area contributed by atoms with Gasteiger partial charge in [0.15, 0.2) is 0 Å². The van der Waals surface area contributed by atoms with E-state index in [2.05, 4.69) is 5.32 Å². The third-order valence-corrected chi connectivity index (χ3v) is 4.16. The highest BCUT2D eigenvalue weighted by molar-refractivity contribution is 5.85. The summed E-state index contributed by atoms with van der Waals surface area (Å²) in [5.74, 6) is 0.873. The van der Waals surface area contributed by atoms with Crippen LogP contribution >= 0.6 is 12.4 Å². The molecule has 0 aliphatic carbocycles. The molecule has 20 heavy (non-hydrogen) atoms. The van der Waals surface area contributed by atoms with Gasteiger partial charge in [0, 0.05) is 37.3 Å². The summed E-state index contributed by atoms with van der Waals surface area (Å²) in [6, 6.07) is 5.46. The molecular weight excluding hydrogens is 278 g/mol. The second-order valence-corrected chi connectivity index (χ2v) is 5.53. The first-order valence-corrected chi connectivity index (χ1v) is 6.81. The number of hydrogen-bond donors (Lipinski definition) is 1. The molecule has 0 radical (unpaired) electrons. The molecule has 1 aromatic heterocycles. The van der Waals surface area contributed by atoms with E-state index in [0.717, 1.165) is 31.7 Å². The van der Waals surface area contributed by atoms with E-state index >= 15 is 0 Å². The third-order valence-electron chi connectivity index (χ3n) is 4.16. The molecule has 1 fully saturated rings. The van der Waals surface area contributed by atoms with Gasteiger partial charge in [-0.25, -0.2) is 0 Å². The van der Waals surface area contributed by atoms with E-state index in [1.165, 1.54) is 0 Å². The normalized spacial score (nSPS) is 23.8. The number of hydrogen-bond acceptors (Lipinski definition) is 3. The molecule has 1 N–H and O–H groups in total. The Morgan fingerprint density at radius 2 is 2.15 bits per heavy atom. The standard InChI is InChI=1S/C14H19N3O2.ClH/c1-15-6-14(19)16-7-10-5-11(9-16)12-3-2-4-13(18)17(12)8-10;/h2-4,10-11,15H,5-9H2,1H3;1H/t10-,11+;/m1./s1. The number of piperidine rings is 1. The summed E-state index contributed by atoms with van der Waals surface area (Å²) in [6.45, 7) is 2.65. The summed E-state index contributed by atoms with van der Waals surface area (Å²) in [5.41, 5.74) is 1.17. The topological polar surface area (TPSA) is 54.3 Å². The number of amides is 1. The lowest BCUT2D eigenvalue weighted by atomic mass is 9.83. The molecule has 3 heterocycles. The lowest BCUT2D eigenvalue weighted by Crippen LogP contribution is -2.50. The molecule has 110 valence electrons. The second-order valence-electron chi connectivity index (χ2n) is 5.53. The summed E-state index contributed by atoms with van der Waals surface area (Å²) < 4.78 is 1.89. The van der Waals surface area contributed by atoms with Gasteiger partial charge in [-0.15, -0.1) is 12.4 Å². The van der Waals surface area contributed by atoms with E-state index in [1.807, 2.05) is 21.6 Å². The van der Waals surface area contributed by atoms with E-state index in [-0.39, 0.29) is 23.9 Å². The maximum Gasteiger partial charge on any atom is 0.250 e. The van der Waals surface area contributed by atoms with Crippen LogP contribution in [-0.4, -0.2) is 42.1 Å². The predicted molar refractivity (Wildman–Crippen MR) is 79.3 cm³/mol. The molecule has 2 aliphatic heterocycles. The largest absolute Gasteiger partial charge is 0.341 e. The molecular formula is C14H20ClN3O2. The Balaban J connectivity index is 0.00000147. The fourth-order valence-corrected chi connectivity index (χ4v) is 3.36. The number of carbonyl (C=O) groups is 1. The van der Waals surface area contributed by atoms with E-state index in [1.54, 1.807) is 13.1 Å². The molecule has 3 rings (SSSR count). The van der Waals surface area contributed by atoms with Crippen molar-refractivity contribution >= 4 is 18.3 Å². The Morgan fingerprint density at radius 1 is 1.35 bits per heavy atom. The van der Waals surface area contributed by atoms with Gasteiger partial charge in [-0.3, -0.25) is 9.59 Å². The molecule has 1 aromatic rings. The number of fused-ring (bicyclic) bond motifs is 4. The highest BCUT2D eigenvalue weighted by Gasteiger charge is 2.35. The fraction of sp³-hybridized carbons (Fsp3) is 0.571. The highest BCUT2D eigenvalue weighted by Crippen LogP contribution is 2.34. The Hall–Kier alpha value is -1.33. The van der Waals surface area contributed by atoms with Gasteiger partial charge in [0.25, 0.3) is 5.56 Å². The minimum atomic E-state index is 0. The van der Waals surface area contributed by atoms with E-state index in [9.17, 15) is 9.59 Å². The summed E-state index contributed by atoms with van der Waals surface area (Å²) in [7, 11) is 1.79. The second kappa shape index (κ2) is 5.97. The van der Waals surface area contributed by atoms with Crippen LogP contribution in [0.4, 0.5) is 0 Å². The molecule has 5 nitrogen and oxygen atoms in total. The van der Waals surface area contributed by atoms with Gasteiger partial charge in [0.2, 0.25) is 5.91 Å². The predicted octanol–water partition coefficient (Wildman–Crippen LogP) is 0.435. The van der Waals surface area contributed by atoms with Crippen molar-refractivity contribution in [2.75, 3.05) is 26.7 Å². The number of likely N-dealkylation sites (N-methyl/N-ethyl adjacent to an activating group) is 1. The summed E-state index contributed by atoms with van der Waals surface area (Å²) in [6.07, 6.45) is 1.09. The Bertz CT molecular complexity index is 558. The number of carbonyl (C=O) groups excluding carboxylic acids is 1. The number of likely N-dealkylation sites (tertiary alicyclic amines) is 1. The van der Waals surface area contributed by atoms with Crippen LogP contribution < -0.4 is 10.9 Å². The number of rotatable bonds is 2. The van der Waals surface area contributed by atoms with Crippen LogP contribution in [0.3, 0.4) is 0 Å². The molecule has 6 heteroatoms. The van der Waals surface area contributed by atoms with Gasteiger partial charge in [0.1, 0.15) is 0 Å². The third kappa shape index (κ3) is 2.60. The van der Waals surface area contributed by atoms with Crippen molar-refractivity contribution in [2.45, 2.75) is 18.9 Å². The van der Waals surface area contributed by atoms with Gasteiger partial charge in [-0.1, -0.05) is 6.07 Å². The highest BCUT2D eigenvalue weighted by atomic mass is 35.5. The number of halogens is 1. The van der Waals surface area contributed by atoms with Crippen LogP contribution in [0.15, 0.2) is 23.0 Å². The fourth-order valence-electron chi connectivity index (χ4n) is 3.36. The molecule has 2 bridgehead atoms. The van der Waals surface area contributed by atoms with Crippen LogP contribution in [0.25, 0.3) is 0 Å². The maximum atomic E-state index is 12.0. The zero-order chi connectivity index (χ0) is 13.4. The zero-order valence-electron chi connectivity index (χ0n) is 11.5. The Kier molecular flexibility index (Phi) is 4.50. The van der Waals surface area contributed by atoms with Crippen LogP contribution in [-0.2, 0) is 11.3 Å². The van der Waals surface area contributed by atoms with E-state index < -0.39 is 0 Å². The zero-order valence-corrected chi connectivity index (χ0v) is 12.4. The first-order valence-electron chi connectivity index (χ1n) is 6.81. The Labute approximate surface area is 124 Å². The van der Waals surface area contributed by atoms with Crippen molar-refractivity contribution < 1.29 is 4.79 Å². The number of pyridine rings is 1. The van der Waals surface area contributed by atoms with Gasteiger partial charge in [0.05, 0.1) is 6.54 Å². The van der Waals surface area contributed by atoms with E-state index in [4.69, 9.17) is 0 Å². The van der Waals surface area contributed by atoms with Crippen molar-refractivity contribution in [3.8, 4) is 0 Å². The van der Waals surface area contributed by atoms with E-state index in [0.29, 0.717) is 18.4 Å².